The minimum absolute atomic E-state index is 0.0987. The van der Waals surface area contributed by atoms with E-state index in [1.807, 2.05) is 49.4 Å². The lowest BCUT2D eigenvalue weighted by Crippen LogP contribution is -2.14. The topological polar surface area (TPSA) is 42.0 Å². The Balaban J connectivity index is 1.68. The molecule has 1 heterocycles. The van der Waals surface area contributed by atoms with Gasteiger partial charge in [0.2, 0.25) is 5.91 Å². The number of halogens is 1. The summed E-state index contributed by atoms with van der Waals surface area (Å²) in [6, 6.07) is 15.6. The number of thioether (sulfide) groups is 1. The molecule has 0 fully saturated rings. The lowest BCUT2D eigenvalue weighted by atomic mass is 10.1. The van der Waals surface area contributed by atoms with Gasteiger partial charge in [0.15, 0.2) is 0 Å². The standard InChI is InChI=1S/C19H17ClN2OS/c1-12-7-8-17(15(20)9-12)21-18(23)11-24-19-10-13(2)14-5-3-4-6-16(14)22-19/h3-10H,11H2,1-2H3,(H,21,23). The molecule has 3 nitrogen and oxygen atoms in total. The molecule has 0 atom stereocenters. The Labute approximate surface area is 150 Å². The van der Waals surface area contributed by atoms with E-state index in [1.165, 1.54) is 11.8 Å². The summed E-state index contributed by atoms with van der Waals surface area (Å²) >= 11 is 7.56. The molecule has 0 radical (unpaired) electrons. The first-order valence-corrected chi connectivity index (χ1v) is 8.94. The van der Waals surface area contributed by atoms with Crippen LogP contribution in [0.5, 0.6) is 0 Å². The van der Waals surface area contributed by atoms with Crippen LogP contribution in [0.4, 0.5) is 5.69 Å². The molecular weight excluding hydrogens is 340 g/mol. The second-order valence-corrected chi connectivity index (χ2v) is 7.02. The number of hydrogen-bond acceptors (Lipinski definition) is 3. The monoisotopic (exact) mass is 356 g/mol. The quantitative estimate of drug-likeness (QED) is 0.650. The highest BCUT2D eigenvalue weighted by atomic mass is 35.5. The summed E-state index contributed by atoms with van der Waals surface area (Å²) in [6.07, 6.45) is 0. The number of hydrogen-bond donors (Lipinski definition) is 1. The Hall–Kier alpha value is -2.04. The number of amides is 1. The van der Waals surface area contributed by atoms with E-state index in [2.05, 4.69) is 23.3 Å². The van der Waals surface area contributed by atoms with Crippen molar-refractivity contribution in [2.75, 3.05) is 11.1 Å². The Morgan fingerprint density at radius 3 is 2.75 bits per heavy atom. The summed E-state index contributed by atoms with van der Waals surface area (Å²) in [7, 11) is 0. The lowest BCUT2D eigenvalue weighted by molar-refractivity contribution is -0.113. The molecule has 0 aliphatic rings. The third kappa shape index (κ3) is 3.89. The molecule has 5 heteroatoms. The molecule has 3 aromatic rings. The van der Waals surface area contributed by atoms with Crippen LogP contribution in [0.25, 0.3) is 10.9 Å². The minimum atomic E-state index is -0.0987. The van der Waals surface area contributed by atoms with Gasteiger partial charge in [0.05, 0.1) is 27.0 Å². The van der Waals surface area contributed by atoms with Crippen molar-refractivity contribution >= 4 is 45.9 Å². The van der Waals surface area contributed by atoms with Crippen LogP contribution in [0.15, 0.2) is 53.6 Å². The molecule has 1 amide bonds. The fourth-order valence-electron chi connectivity index (χ4n) is 2.44. The normalized spacial score (nSPS) is 10.8. The number of aryl methyl sites for hydroxylation is 2. The second kappa shape index (κ2) is 7.24. The molecule has 0 aliphatic heterocycles. The van der Waals surface area contributed by atoms with Crippen LogP contribution in [0.1, 0.15) is 11.1 Å². The van der Waals surface area contributed by atoms with Gasteiger partial charge in [-0.1, -0.05) is 47.6 Å². The van der Waals surface area contributed by atoms with E-state index in [4.69, 9.17) is 11.6 Å². The van der Waals surface area contributed by atoms with Crippen LogP contribution in [0.2, 0.25) is 5.02 Å². The SMILES string of the molecule is Cc1ccc(NC(=O)CSc2cc(C)c3ccccc3n2)c(Cl)c1. The largest absolute Gasteiger partial charge is 0.324 e. The Morgan fingerprint density at radius 1 is 1.17 bits per heavy atom. The predicted molar refractivity (Wildman–Crippen MR) is 102 cm³/mol. The smallest absolute Gasteiger partial charge is 0.234 e. The third-order valence-corrected chi connectivity index (χ3v) is 4.87. The molecule has 24 heavy (non-hydrogen) atoms. The average molecular weight is 357 g/mol. The van der Waals surface area contributed by atoms with E-state index in [9.17, 15) is 4.79 Å². The summed E-state index contributed by atoms with van der Waals surface area (Å²) in [5.74, 6) is 0.188. The number of fused-ring (bicyclic) bond motifs is 1. The number of pyridine rings is 1. The molecule has 0 unspecified atom stereocenters. The van der Waals surface area contributed by atoms with Gasteiger partial charge in [0, 0.05) is 5.39 Å². The van der Waals surface area contributed by atoms with Gasteiger partial charge < -0.3 is 5.32 Å². The van der Waals surface area contributed by atoms with Crippen LogP contribution in [0, 0.1) is 13.8 Å². The van der Waals surface area contributed by atoms with Crippen LogP contribution in [0.3, 0.4) is 0 Å². The Bertz CT molecular complexity index is 911. The summed E-state index contributed by atoms with van der Waals surface area (Å²) < 4.78 is 0. The number of rotatable bonds is 4. The van der Waals surface area contributed by atoms with Crippen molar-refractivity contribution in [3.63, 3.8) is 0 Å². The predicted octanol–water partition coefficient (Wildman–Crippen LogP) is 5.24. The van der Waals surface area contributed by atoms with Crippen LogP contribution in [-0.4, -0.2) is 16.6 Å². The van der Waals surface area contributed by atoms with Gasteiger partial charge in [0.25, 0.3) is 0 Å². The number of aromatic nitrogens is 1. The molecule has 0 spiro atoms. The molecule has 1 N–H and O–H groups in total. The van der Waals surface area contributed by atoms with Crippen molar-refractivity contribution in [2.24, 2.45) is 0 Å². The van der Waals surface area contributed by atoms with Gasteiger partial charge in [-0.25, -0.2) is 4.98 Å². The van der Waals surface area contributed by atoms with Crippen molar-refractivity contribution in [1.29, 1.82) is 0 Å². The number of benzene rings is 2. The zero-order valence-corrected chi connectivity index (χ0v) is 15.0. The first-order chi connectivity index (χ1) is 11.5. The zero-order chi connectivity index (χ0) is 17.1. The van der Waals surface area contributed by atoms with Crippen molar-refractivity contribution in [2.45, 2.75) is 18.9 Å². The molecule has 122 valence electrons. The van der Waals surface area contributed by atoms with Crippen LogP contribution in [-0.2, 0) is 4.79 Å². The molecule has 0 aliphatic carbocycles. The fourth-order valence-corrected chi connectivity index (χ4v) is 3.50. The summed E-state index contributed by atoms with van der Waals surface area (Å²) in [5, 5.41) is 5.37. The van der Waals surface area contributed by atoms with Gasteiger partial charge in [0.1, 0.15) is 0 Å². The molecule has 3 rings (SSSR count). The second-order valence-electron chi connectivity index (χ2n) is 5.61. The molecular formula is C19H17ClN2OS. The van der Waals surface area contributed by atoms with Crippen molar-refractivity contribution in [1.82, 2.24) is 4.98 Å². The maximum absolute atomic E-state index is 12.2. The number of anilines is 1. The number of carbonyl (C=O) groups excluding carboxylic acids is 1. The van der Waals surface area contributed by atoms with Crippen molar-refractivity contribution in [3.05, 3.63) is 64.7 Å². The first kappa shape index (κ1) is 16.8. The van der Waals surface area contributed by atoms with Crippen molar-refractivity contribution in [3.8, 4) is 0 Å². The number of carbonyl (C=O) groups is 1. The summed E-state index contributed by atoms with van der Waals surface area (Å²) in [6.45, 7) is 4.02. The fraction of sp³-hybridized carbons (Fsp3) is 0.158. The number of para-hydroxylation sites is 1. The molecule has 0 saturated heterocycles. The van der Waals surface area contributed by atoms with E-state index in [0.717, 1.165) is 27.1 Å². The third-order valence-electron chi connectivity index (χ3n) is 3.65. The summed E-state index contributed by atoms with van der Waals surface area (Å²) in [4.78, 5) is 16.8. The molecule has 1 aromatic heterocycles. The molecule has 0 saturated carbocycles. The minimum Gasteiger partial charge on any atom is -0.324 e. The zero-order valence-electron chi connectivity index (χ0n) is 13.5. The maximum Gasteiger partial charge on any atom is 0.234 e. The molecule has 0 bridgehead atoms. The molecule has 2 aromatic carbocycles. The maximum atomic E-state index is 12.2. The number of nitrogens with one attached hydrogen (secondary N) is 1. The van der Waals surface area contributed by atoms with E-state index in [0.29, 0.717) is 10.7 Å². The summed E-state index contributed by atoms with van der Waals surface area (Å²) in [5.41, 5.74) is 3.80. The van der Waals surface area contributed by atoms with Gasteiger partial charge in [-0.3, -0.25) is 4.79 Å². The first-order valence-electron chi connectivity index (χ1n) is 7.58. The van der Waals surface area contributed by atoms with Gasteiger partial charge in [-0.05, 0) is 49.2 Å². The highest BCUT2D eigenvalue weighted by Crippen LogP contribution is 2.25. The van der Waals surface area contributed by atoms with Gasteiger partial charge in [-0.2, -0.15) is 0 Å². The number of nitrogens with zero attached hydrogens (tertiary/aromatic N) is 1. The van der Waals surface area contributed by atoms with Gasteiger partial charge >= 0.3 is 0 Å². The van der Waals surface area contributed by atoms with Gasteiger partial charge in [-0.15, -0.1) is 0 Å². The van der Waals surface area contributed by atoms with Crippen molar-refractivity contribution < 1.29 is 4.79 Å². The van der Waals surface area contributed by atoms with E-state index < -0.39 is 0 Å². The van der Waals surface area contributed by atoms with E-state index in [-0.39, 0.29) is 11.7 Å². The highest BCUT2D eigenvalue weighted by Gasteiger charge is 2.09. The average Bonchev–Trinajstić information content (AvgIpc) is 2.56. The Morgan fingerprint density at radius 2 is 1.96 bits per heavy atom. The van der Waals surface area contributed by atoms with E-state index >= 15 is 0 Å². The van der Waals surface area contributed by atoms with Crippen LogP contribution >= 0.6 is 23.4 Å². The lowest BCUT2D eigenvalue weighted by Gasteiger charge is -2.09. The Kier molecular flexibility index (Phi) is 5.07. The highest BCUT2D eigenvalue weighted by molar-refractivity contribution is 7.99. The van der Waals surface area contributed by atoms with E-state index in [1.54, 1.807) is 0 Å². The van der Waals surface area contributed by atoms with Crippen LogP contribution < -0.4 is 5.32 Å².